The minimum atomic E-state index is -1.03. The Balaban J connectivity index is 2.97. The molecule has 1 aromatic rings. The molecule has 1 rings (SSSR count). The summed E-state index contributed by atoms with van der Waals surface area (Å²) in [6, 6.07) is 3.84. The molecule has 0 amide bonds. The summed E-state index contributed by atoms with van der Waals surface area (Å²) < 4.78 is 12.7. The molecule has 13 heavy (non-hydrogen) atoms. The van der Waals surface area contributed by atoms with Crippen LogP contribution in [0.2, 0.25) is 5.02 Å². The fourth-order valence-electron chi connectivity index (χ4n) is 0.975. The van der Waals surface area contributed by atoms with Crippen molar-refractivity contribution in [3.63, 3.8) is 0 Å². The number of halogens is 2. The second kappa shape index (κ2) is 4.05. The lowest BCUT2D eigenvalue weighted by atomic mass is 10.1. The van der Waals surface area contributed by atoms with Gasteiger partial charge >= 0.3 is 0 Å². The summed E-state index contributed by atoms with van der Waals surface area (Å²) in [7, 11) is 0. The molecule has 2 N–H and O–H groups in total. The molecule has 0 saturated heterocycles. The van der Waals surface area contributed by atoms with E-state index in [4.69, 9.17) is 16.7 Å². The Hall–Kier alpha value is -0.640. The van der Waals surface area contributed by atoms with Gasteiger partial charge in [-0.25, -0.2) is 4.39 Å². The minimum Gasteiger partial charge on any atom is -0.390 e. The molecule has 2 nitrogen and oxygen atoms in total. The molecule has 2 atom stereocenters. The van der Waals surface area contributed by atoms with Crippen molar-refractivity contribution in [2.24, 2.45) is 0 Å². The average Bonchev–Trinajstić information content (AvgIpc) is 2.08. The van der Waals surface area contributed by atoms with Crippen LogP contribution in [0.5, 0.6) is 0 Å². The third kappa shape index (κ3) is 2.40. The van der Waals surface area contributed by atoms with Crippen LogP contribution in [0.3, 0.4) is 0 Å². The number of aliphatic hydroxyl groups is 2. The molecule has 1 aromatic carbocycles. The van der Waals surface area contributed by atoms with Crippen LogP contribution in [-0.4, -0.2) is 16.3 Å². The molecule has 0 aliphatic heterocycles. The number of benzene rings is 1. The van der Waals surface area contributed by atoms with Crippen molar-refractivity contribution in [2.75, 3.05) is 0 Å². The Labute approximate surface area is 80.6 Å². The van der Waals surface area contributed by atoms with Gasteiger partial charge in [0, 0.05) is 0 Å². The van der Waals surface area contributed by atoms with Gasteiger partial charge in [0.1, 0.15) is 11.9 Å². The predicted molar refractivity (Wildman–Crippen MR) is 48.1 cm³/mol. The SMILES string of the molecule is CC(O)C(O)c1ccc(F)c(Cl)c1. The molecule has 0 bridgehead atoms. The van der Waals surface area contributed by atoms with Crippen molar-refractivity contribution >= 4 is 11.6 Å². The van der Waals surface area contributed by atoms with Crippen molar-refractivity contribution < 1.29 is 14.6 Å². The second-order valence-electron chi connectivity index (χ2n) is 2.86. The van der Waals surface area contributed by atoms with Gasteiger partial charge in [-0.2, -0.15) is 0 Å². The normalized spacial score (nSPS) is 15.5. The molecule has 0 saturated carbocycles. The Kier molecular flexibility index (Phi) is 3.25. The third-order valence-corrected chi connectivity index (χ3v) is 2.03. The zero-order valence-electron chi connectivity index (χ0n) is 7.04. The zero-order valence-corrected chi connectivity index (χ0v) is 7.79. The van der Waals surface area contributed by atoms with Gasteiger partial charge in [0.25, 0.3) is 0 Å². The van der Waals surface area contributed by atoms with Gasteiger partial charge in [-0.3, -0.25) is 0 Å². The Morgan fingerprint density at radius 1 is 1.38 bits per heavy atom. The largest absolute Gasteiger partial charge is 0.390 e. The molecule has 0 fully saturated rings. The second-order valence-corrected chi connectivity index (χ2v) is 3.27. The Bertz CT molecular complexity index is 302. The molecule has 0 heterocycles. The van der Waals surface area contributed by atoms with Crippen LogP contribution in [0, 0.1) is 5.82 Å². The molecule has 0 aliphatic carbocycles. The fourth-order valence-corrected chi connectivity index (χ4v) is 1.16. The van der Waals surface area contributed by atoms with Crippen LogP contribution >= 0.6 is 11.6 Å². The monoisotopic (exact) mass is 204 g/mol. The average molecular weight is 205 g/mol. The highest BCUT2D eigenvalue weighted by molar-refractivity contribution is 6.30. The number of hydrogen-bond donors (Lipinski definition) is 2. The lowest BCUT2D eigenvalue weighted by Crippen LogP contribution is -2.13. The topological polar surface area (TPSA) is 40.5 Å². The number of hydrogen-bond acceptors (Lipinski definition) is 2. The molecule has 2 unspecified atom stereocenters. The highest BCUT2D eigenvalue weighted by Crippen LogP contribution is 2.22. The van der Waals surface area contributed by atoms with Crippen molar-refractivity contribution in [3.05, 3.63) is 34.6 Å². The van der Waals surface area contributed by atoms with Gasteiger partial charge in [0.2, 0.25) is 0 Å². The van der Waals surface area contributed by atoms with Gasteiger partial charge in [0.15, 0.2) is 0 Å². The summed E-state index contributed by atoms with van der Waals surface area (Å²) in [6.07, 6.45) is -1.93. The Morgan fingerprint density at radius 3 is 2.46 bits per heavy atom. The summed E-state index contributed by atoms with van der Waals surface area (Å²) in [6.45, 7) is 1.45. The first-order valence-corrected chi connectivity index (χ1v) is 4.21. The molecule has 0 spiro atoms. The first-order valence-electron chi connectivity index (χ1n) is 3.83. The number of aliphatic hydroxyl groups excluding tert-OH is 2. The van der Waals surface area contributed by atoms with Crippen LogP contribution in [-0.2, 0) is 0 Å². The molecular weight excluding hydrogens is 195 g/mol. The molecule has 0 aromatic heterocycles. The van der Waals surface area contributed by atoms with Crippen LogP contribution in [0.15, 0.2) is 18.2 Å². The van der Waals surface area contributed by atoms with E-state index in [0.29, 0.717) is 5.56 Å². The van der Waals surface area contributed by atoms with Crippen LogP contribution in [0.1, 0.15) is 18.6 Å². The fraction of sp³-hybridized carbons (Fsp3) is 0.333. The van der Waals surface area contributed by atoms with Gasteiger partial charge in [-0.15, -0.1) is 0 Å². The van der Waals surface area contributed by atoms with E-state index in [1.807, 2.05) is 0 Å². The van der Waals surface area contributed by atoms with E-state index in [1.54, 1.807) is 0 Å². The van der Waals surface area contributed by atoms with E-state index in [1.165, 1.54) is 19.1 Å². The van der Waals surface area contributed by atoms with Crippen LogP contribution in [0.25, 0.3) is 0 Å². The van der Waals surface area contributed by atoms with E-state index in [0.717, 1.165) is 6.07 Å². The first kappa shape index (κ1) is 10.4. The van der Waals surface area contributed by atoms with Gasteiger partial charge in [0.05, 0.1) is 11.1 Å². The standard InChI is InChI=1S/C9H10ClFO2/c1-5(12)9(13)6-2-3-8(11)7(10)4-6/h2-5,9,12-13H,1H3. The van der Waals surface area contributed by atoms with Crippen molar-refractivity contribution in [1.82, 2.24) is 0 Å². The van der Waals surface area contributed by atoms with E-state index < -0.39 is 18.0 Å². The summed E-state index contributed by atoms with van der Waals surface area (Å²) in [5.41, 5.74) is 0.404. The van der Waals surface area contributed by atoms with E-state index in [9.17, 15) is 9.50 Å². The summed E-state index contributed by atoms with van der Waals surface area (Å²) in [4.78, 5) is 0. The molecule has 72 valence electrons. The maximum Gasteiger partial charge on any atom is 0.141 e. The van der Waals surface area contributed by atoms with Gasteiger partial charge < -0.3 is 10.2 Å². The van der Waals surface area contributed by atoms with E-state index >= 15 is 0 Å². The lowest BCUT2D eigenvalue weighted by molar-refractivity contribution is 0.0305. The molecule has 4 heteroatoms. The quantitative estimate of drug-likeness (QED) is 0.773. The first-order chi connectivity index (χ1) is 6.02. The number of rotatable bonds is 2. The Morgan fingerprint density at radius 2 is 2.00 bits per heavy atom. The zero-order chi connectivity index (χ0) is 10.0. The summed E-state index contributed by atoms with van der Waals surface area (Å²) in [5.74, 6) is -0.539. The van der Waals surface area contributed by atoms with Gasteiger partial charge in [-0.1, -0.05) is 17.7 Å². The van der Waals surface area contributed by atoms with E-state index in [-0.39, 0.29) is 5.02 Å². The van der Waals surface area contributed by atoms with Gasteiger partial charge in [-0.05, 0) is 24.6 Å². The molecule has 0 aliphatic rings. The summed E-state index contributed by atoms with van der Waals surface area (Å²) in [5, 5.41) is 18.4. The highest BCUT2D eigenvalue weighted by atomic mass is 35.5. The van der Waals surface area contributed by atoms with Crippen molar-refractivity contribution in [3.8, 4) is 0 Å². The smallest absolute Gasteiger partial charge is 0.141 e. The molecule has 0 radical (unpaired) electrons. The van der Waals surface area contributed by atoms with E-state index in [2.05, 4.69) is 0 Å². The molecular formula is C9H10ClFO2. The lowest BCUT2D eigenvalue weighted by Gasteiger charge is -2.13. The maximum atomic E-state index is 12.7. The minimum absolute atomic E-state index is 0.0581. The predicted octanol–water partition coefficient (Wildman–Crippen LogP) is 1.89. The van der Waals surface area contributed by atoms with Crippen LogP contribution in [0.4, 0.5) is 4.39 Å². The maximum absolute atomic E-state index is 12.7. The van der Waals surface area contributed by atoms with Crippen molar-refractivity contribution in [1.29, 1.82) is 0 Å². The summed E-state index contributed by atoms with van der Waals surface area (Å²) >= 11 is 5.49. The van der Waals surface area contributed by atoms with Crippen LogP contribution < -0.4 is 0 Å². The third-order valence-electron chi connectivity index (χ3n) is 1.74. The highest BCUT2D eigenvalue weighted by Gasteiger charge is 2.14. The van der Waals surface area contributed by atoms with Crippen molar-refractivity contribution in [2.45, 2.75) is 19.1 Å².